The van der Waals surface area contributed by atoms with Gasteiger partial charge in [0, 0.05) is 17.5 Å². The maximum Gasteiger partial charge on any atom is 0.416 e. The molecule has 3 heterocycles. The number of hydrogen-bond acceptors (Lipinski definition) is 3. The minimum Gasteiger partial charge on any atom is -0.349 e. The molecule has 3 aromatic rings. The second kappa shape index (κ2) is 6.52. The Morgan fingerprint density at radius 2 is 2.04 bits per heavy atom. The topological polar surface area (TPSA) is 86.9 Å². The Kier molecular flexibility index (Phi) is 4.26. The average molecular weight is 409 g/mol. The van der Waals surface area contributed by atoms with Crippen LogP contribution in [0.3, 0.4) is 0 Å². The molecule has 1 aliphatic rings. The molecule has 6 nitrogen and oxygen atoms in total. The largest absolute Gasteiger partial charge is 0.416 e. The van der Waals surface area contributed by atoms with Crippen LogP contribution in [0.15, 0.2) is 36.5 Å². The predicted octanol–water partition coefficient (Wildman–Crippen LogP) is 3.53. The van der Waals surface area contributed by atoms with Crippen LogP contribution in [0.2, 0.25) is 5.15 Å². The van der Waals surface area contributed by atoms with Gasteiger partial charge >= 0.3 is 6.18 Å². The molecular weight excluding hydrogens is 397 g/mol. The highest BCUT2D eigenvalue weighted by molar-refractivity contribution is 6.30. The fourth-order valence-electron chi connectivity index (χ4n) is 3.06. The van der Waals surface area contributed by atoms with Crippen molar-refractivity contribution in [3.63, 3.8) is 0 Å². The molecule has 10 heteroatoms. The van der Waals surface area contributed by atoms with Gasteiger partial charge in [-0.1, -0.05) is 17.7 Å². The molecule has 0 spiro atoms. The molecule has 1 aromatic carbocycles. The number of aromatic amines is 1. The van der Waals surface area contributed by atoms with Gasteiger partial charge in [0.25, 0.3) is 5.91 Å². The lowest BCUT2D eigenvalue weighted by Crippen LogP contribution is -2.47. The van der Waals surface area contributed by atoms with E-state index in [1.54, 1.807) is 12.1 Å². The summed E-state index contributed by atoms with van der Waals surface area (Å²) in [4.78, 5) is 31.5. The smallest absolute Gasteiger partial charge is 0.349 e. The summed E-state index contributed by atoms with van der Waals surface area (Å²) in [5, 5.41) is 5.97. The summed E-state index contributed by atoms with van der Waals surface area (Å²) < 4.78 is 38.5. The SMILES string of the molecule is O=C(NC1Cc2ccc(C(F)(F)F)cc2NC1=O)c1cc2cc(Cl)ncc2[nH]1. The zero-order valence-corrected chi connectivity index (χ0v) is 14.8. The van der Waals surface area contributed by atoms with Gasteiger partial charge in [0.05, 0.1) is 17.3 Å². The molecule has 0 saturated heterocycles. The second-order valence-electron chi connectivity index (χ2n) is 6.37. The van der Waals surface area contributed by atoms with Crippen molar-refractivity contribution in [2.45, 2.75) is 18.6 Å². The molecule has 0 bridgehead atoms. The average Bonchev–Trinajstić information content (AvgIpc) is 3.04. The lowest BCUT2D eigenvalue weighted by Gasteiger charge is -2.26. The highest BCUT2D eigenvalue weighted by Crippen LogP contribution is 2.33. The summed E-state index contributed by atoms with van der Waals surface area (Å²) in [5.41, 5.74) is 0.569. The molecule has 2 aromatic heterocycles. The molecule has 1 aliphatic heterocycles. The Bertz CT molecular complexity index is 1110. The summed E-state index contributed by atoms with van der Waals surface area (Å²) >= 11 is 5.82. The number of fused-ring (bicyclic) bond motifs is 2. The van der Waals surface area contributed by atoms with Gasteiger partial charge in [0.2, 0.25) is 5.91 Å². The number of hydrogen-bond donors (Lipinski definition) is 3. The maximum atomic E-state index is 12.8. The number of carbonyl (C=O) groups is 2. The van der Waals surface area contributed by atoms with E-state index in [-0.39, 0.29) is 23.0 Å². The van der Waals surface area contributed by atoms with Crippen molar-refractivity contribution in [3.8, 4) is 0 Å². The molecule has 2 amide bonds. The Hall–Kier alpha value is -3.07. The van der Waals surface area contributed by atoms with E-state index in [1.807, 2.05) is 0 Å². The standard InChI is InChI=1S/C18H12ClF3N4O2/c19-15-5-9-4-12(24-14(9)7-23-15)16(27)26-13-3-8-1-2-10(18(20,21)22)6-11(8)25-17(13)28/h1-2,4-7,13,24H,3H2,(H,25,28)(H,26,27). The normalized spacial score (nSPS) is 16.6. The third kappa shape index (κ3) is 3.40. The van der Waals surface area contributed by atoms with Crippen LogP contribution < -0.4 is 10.6 Å². The Balaban J connectivity index is 1.53. The highest BCUT2D eigenvalue weighted by Gasteiger charge is 2.34. The van der Waals surface area contributed by atoms with Crippen molar-refractivity contribution >= 4 is 40.0 Å². The van der Waals surface area contributed by atoms with Crippen molar-refractivity contribution in [3.05, 3.63) is 58.5 Å². The summed E-state index contributed by atoms with van der Waals surface area (Å²) in [7, 11) is 0. The Labute approximate surface area is 161 Å². The Morgan fingerprint density at radius 1 is 1.25 bits per heavy atom. The van der Waals surface area contributed by atoms with Crippen LogP contribution in [0.25, 0.3) is 10.9 Å². The van der Waals surface area contributed by atoms with E-state index in [1.165, 1.54) is 12.3 Å². The van der Waals surface area contributed by atoms with Crippen LogP contribution in [0.1, 0.15) is 21.6 Å². The number of H-pyrrole nitrogens is 1. The van der Waals surface area contributed by atoms with Crippen LogP contribution in [0.4, 0.5) is 18.9 Å². The minimum atomic E-state index is -4.50. The van der Waals surface area contributed by atoms with Gasteiger partial charge in [-0.3, -0.25) is 9.59 Å². The van der Waals surface area contributed by atoms with Gasteiger partial charge in [0.15, 0.2) is 0 Å². The first-order valence-electron chi connectivity index (χ1n) is 8.17. The monoisotopic (exact) mass is 408 g/mol. The van der Waals surface area contributed by atoms with Crippen LogP contribution in [-0.4, -0.2) is 27.8 Å². The number of nitrogens with zero attached hydrogens (tertiary/aromatic N) is 1. The zero-order chi connectivity index (χ0) is 20.1. The maximum absolute atomic E-state index is 12.8. The number of rotatable bonds is 2. The summed E-state index contributed by atoms with van der Waals surface area (Å²) in [6.45, 7) is 0. The van der Waals surface area contributed by atoms with Crippen molar-refractivity contribution in [1.82, 2.24) is 15.3 Å². The van der Waals surface area contributed by atoms with E-state index in [0.29, 0.717) is 16.5 Å². The first-order chi connectivity index (χ1) is 13.2. The first kappa shape index (κ1) is 18.3. The van der Waals surface area contributed by atoms with E-state index in [0.717, 1.165) is 12.1 Å². The fraction of sp³-hybridized carbons (Fsp3) is 0.167. The zero-order valence-electron chi connectivity index (χ0n) is 14.0. The molecule has 1 unspecified atom stereocenters. The third-order valence-corrected chi connectivity index (χ3v) is 4.66. The van der Waals surface area contributed by atoms with Gasteiger partial charge in [-0.05, 0) is 29.8 Å². The van der Waals surface area contributed by atoms with Gasteiger partial charge in [-0.2, -0.15) is 13.2 Å². The lowest BCUT2D eigenvalue weighted by atomic mass is 9.97. The molecule has 0 saturated carbocycles. The quantitative estimate of drug-likeness (QED) is 0.567. The lowest BCUT2D eigenvalue weighted by molar-refractivity contribution is -0.137. The van der Waals surface area contributed by atoms with Gasteiger partial charge < -0.3 is 15.6 Å². The number of nitrogens with one attached hydrogen (secondary N) is 3. The molecular formula is C18H12ClF3N4O2. The number of anilines is 1. The molecule has 28 heavy (non-hydrogen) atoms. The highest BCUT2D eigenvalue weighted by atomic mass is 35.5. The molecule has 0 radical (unpaired) electrons. The minimum absolute atomic E-state index is 0.0820. The van der Waals surface area contributed by atoms with Crippen molar-refractivity contribution in [1.29, 1.82) is 0 Å². The number of pyridine rings is 1. The molecule has 1 atom stereocenters. The fourth-order valence-corrected chi connectivity index (χ4v) is 3.23. The number of alkyl halides is 3. The molecule has 0 aliphatic carbocycles. The molecule has 3 N–H and O–H groups in total. The van der Waals surface area contributed by atoms with E-state index in [4.69, 9.17) is 11.6 Å². The number of halogens is 4. The number of amides is 2. The van der Waals surface area contributed by atoms with Crippen molar-refractivity contribution in [2.75, 3.05) is 5.32 Å². The number of aromatic nitrogens is 2. The summed E-state index contributed by atoms with van der Waals surface area (Å²) in [5.74, 6) is -1.11. The molecule has 0 fully saturated rings. The van der Waals surface area contributed by atoms with Gasteiger partial charge in [-0.25, -0.2) is 4.98 Å². The Morgan fingerprint density at radius 3 is 2.79 bits per heavy atom. The number of carbonyl (C=O) groups excluding carboxylic acids is 2. The van der Waals surface area contributed by atoms with Crippen molar-refractivity contribution in [2.24, 2.45) is 0 Å². The molecule has 144 valence electrons. The van der Waals surface area contributed by atoms with Crippen LogP contribution in [-0.2, 0) is 17.4 Å². The van der Waals surface area contributed by atoms with Crippen molar-refractivity contribution < 1.29 is 22.8 Å². The van der Waals surface area contributed by atoms with Gasteiger partial charge in [0.1, 0.15) is 16.9 Å². The van der Waals surface area contributed by atoms with Gasteiger partial charge in [-0.15, -0.1) is 0 Å². The summed E-state index contributed by atoms with van der Waals surface area (Å²) in [6.07, 6.45) is -2.94. The van der Waals surface area contributed by atoms with E-state index in [2.05, 4.69) is 20.6 Å². The second-order valence-corrected chi connectivity index (χ2v) is 6.75. The van der Waals surface area contributed by atoms with E-state index in [9.17, 15) is 22.8 Å². The van der Waals surface area contributed by atoms with Crippen LogP contribution in [0, 0.1) is 0 Å². The van der Waals surface area contributed by atoms with Crippen LogP contribution >= 0.6 is 11.6 Å². The summed E-state index contributed by atoms with van der Waals surface area (Å²) in [6, 6.07) is 5.38. The first-order valence-corrected chi connectivity index (χ1v) is 8.54. The van der Waals surface area contributed by atoms with E-state index >= 15 is 0 Å². The number of benzene rings is 1. The molecule has 4 rings (SSSR count). The third-order valence-electron chi connectivity index (χ3n) is 4.46. The predicted molar refractivity (Wildman–Crippen MR) is 96.1 cm³/mol. The van der Waals surface area contributed by atoms with Crippen LogP contribution in [0.5, 0.6) is 0 Å². The van der Waals surface area contributed by atoms with E-state index < -0.39 is 29.6 Å².